The van der Waals surface area contributed by atoms with Crippen molar-refractivity contribution in [1.82, 2.24) is 20.1 Å². The van der Waals surface area contributed by atoms with Gasteiger partial charge in [-0.15, -0.1) is 0 Å². The number of likely N-dealkylation sites (tertiary alicyclic amines) is 1. The molecular formula is C20H20N4O2. The van der Waals surface area contributed by atoms with Crippen molar-refractivity contribution in [3.63, 3.8) is 0 Å². The second-order valence-corrected chi connectivity index (χ2v) is 6.74. The first-order valence-electron chi connectivity index (χ1n) is 8.88. The summed E-state index contributed by atoms with van der Waals surface area (Å²) in [6.45, 7) is 1.42. The molecule has 3 aromatic rings. The number of rotatable bonds is 3. The SMILES string of the molecule is O=C(c1n[nH]c(=O)c2ccccc12)N1CCC(Cc2ccncc2)CC1. The number of pyridine rings is 1. The second kappa shape index (κ2) is 7.07. The summed E-state index contributed by atoms with van der Waals surface area (Å²) in [5.74, 6) is 0.460. The molecule has 6 heteroatoms. The average molecular weight is 348 g/mol. The predicted molar refractivity (Wildman–Crippen MR) is 98.9 cm³/mol. The third-order valence-electron chi connectivity index (χ3n) is 5.07. The number of hydrogen-bond donors (Lipinski definition) is 1. The van der Waals surface area contributed by atoms with Crippen LogP contribution < -0.4 is 5.56 Å². The fourth-order valence-electron chi connectivity index (χ4n) is 3.62. The van der Waals surface area contributed by atoms with E-state index < -0.39 is 0 Å². The molecule has 132 valence electrons. The summed E-state index contributed by atoms with van der Waals surface area (Å²) < 4.78 is 0. The monoisotopic (exact) mass is 348 g/mol. The minimum Gasteiger partial charge on any atom is -0.337 e. The number of carbonyl (C=O) groups is 1. The summed E-state index contributed by atoms with van der Waals surface area (Å²) >= 11 is 0. The topological polar surface area (TPSA) is 79.0 Å². The van der Waals surface area contributed by atoms with E-state index in [4.69, 9.17) is 0 Å². The third-order valence-corrected chi connectivity index (χ3v) is 5.07. The van der Waals surface area contributed by atoms with E-state index in [1.165, 1.54) is 5.56 Å². The average Bonchev–Trinajstić information content (AvgIpc) is 2.69. The molecule has 0 spiro atoms. The smallest absolute Gasteiger partial charge is 0.274 e. The first-order valence-corrected chi connectivity index (χ1v) is 8.88. The van der Waals surface area contributed by atoms with Crippen molar-refractivity contribution in [2.45, 2.75) is 19.3 Å². The zero-order chi connectivity index (χ0) is 17.9. The van der Waals surface area contributed by atoms with E-state index in [-0.39, 0.29) is 11.5 Å². The molecule has 1 aliphatic rings. The molecule has 0 aliphatic carbocycles. The fourth-order valence-corrected chi connectivity index (χ4v) is 3.62. The molecule has 2 aromatic heterocycles. The third kappa shape index (κ3) is 3.22. The summed E-state index contributed by atoms with van der Waals surface area (Å²) in [6.07, 6.45) is 6.59. The molecule has 1 fully saturated rings. The highest BCUT2D eigenvalue weighted by Crippen LogP contribution is 2.23. The fraction of sp³-hybridized carbons (Fsp3) is 0.300. The van der Waals surface area contributed by atoms with Crippen LogP contribution in [-0.2, 0) is 6.42 Å². The number of hydrogen-bond acceptors (Lipinski definition) is 4. The van der Waals surface area contributed by atoms with Gasteiger partial charge in [0.2, 0.25) is 0 Å². The first-order chi connectivity index (χ1) is 12.7. The molecule has 1 aliphatic heterocycles. The Labute approximate surface area is 150 Å². The molecule has 1 saturated heterocycles. The van der Waals surface area contributed by atoms with Gasteiger partial charge >= 0.3 is 0 Å². The summed E-state index contributed by atoms with van der Waals surface area (Å²) in [6, 6.07) is 11.2. The molecule has 1 aromatic carbocycles. The number of H-pyrrole nitrogens is 1. The number of piperidine rings is 1. The maximum Gasteiger partial charge on any atom is 0.274 e. The van der Waals surface area contributed by atoms with Crippen molar-refractivity contribution in [2.24, 2.45) is 5.92 Å². The minimum absolute atomic E-state index is 0.111. The second-order valence-electron chi connectivity index (χ2n) is 6.74. The first kappa shape index (κ1) is 16.4. The van der Waals surface area contributed by atoms with Crippen LogP contribution in [0.1, 0.15) is 28.9 Å². The Morgan fingerprint density at radius 1 is 1.08 bits per heavy atom. The zero-order valence-electron chi connectivity index (χ0n) is 14.4. The molecule has 0 radical (unpaired) electrons. The number of fused-ring (bicyclic) bond motifs is 1. The quantitative estimate of drug-likeness (QED) is 0.788. The van der Waals surface area contributed by atoms with Crippen molar-refractivity contribution >= 4 is 16.7 Å². The van der Waals surface area contributed by atoms with E-state index in [1.54, 1.807) is 18.2 Å². The van der Waals surface area contributed by atoms with Crippen LogP contribution in [0, 0.1) is 5.92 Å². The van der Waals surface area contributed by atoms with Gasteiger partial charge in [0, 0.05) is 30.9 Å². The van der Waals surface area contributed by atoms with Gasteiger partial charge in [0.25, 0.3) is 11.5 Å². The molecule has 6 nitrogen and oxygen atoms in total. The number of aromatic amines is 1. The van der Waals surface area contributed by atoms with E-state index in [1.807, 2.05) is 35.5 Å². The van der Waals surface area contributed by atoms with Crippen molar-refractivity contribution in [3.8, 4) is 0 Å². The van der Waals surface area contributed by atoms with Gasteiger partial charge < -0.3 is 4.90 Å². The lowest BCUT2D eigenvalue weighted by Crippen LogP contribution is -2.39. The van der Waals surface area contributed by atoms with E-state index in [0.717, 1.165) is 19.3 Å². The van der Waals surface area contributed by atoms with Gasteiger partial charge in [-0.1, -0.05) is 18.2 Å². The molecule has 0 unspecified atom stereocenters. The summed E-state index contributed by atoms with van der Waals surface area (Å²) in [4.78, 5) is 30.7. The molecular weight excluding hydrogens is 328 g/mol. The minimum atomic E-state index is -0.270. The normalized spacial score (nSPS) is 15.3. The Bertz CT molecular complexity index is 976. The predicted octanol–water partition coefficient (Wildman–Crippen LogP) is 2.41. The Balaban J connectivity index is 1.47. The number of amides is 1. The molecule has 0 atom stereocenters. The maximum absolute atomic E-state index is 12.9. The Hall–Kier alpha value is -3.02. The van der Waals surface area contributed by atoms with Gasteiger partial charge in [-0.25, -0.2) is 5.10 Å². The van der Waals surface area contributed by atoms with Crippen LogP contribution in [0.15, 0.2) is 53.6 Å². The van der Waals surface area contributed by atoms with Crippen LogP contribution >= 0.6 is 0 Å². The van der Waals surface area contributed by atoms with Gasteiger partial charge in [0.15, 0.2) is 5.69 Å². The van der Waals surface area contributed by atoms with Crippen molar-refractivity contribution in [3.05, 3.63) is 70.4 Å². The van der Waals surface area contributed by atoms with Crippen LogP contribution in [0.3, 0.4) is 0 Å². The molecule has 3 heterocycles. The van der Waals surface area contributed by atoms with Gasteiger partial charge in [-0.3, -0.25) is 14.6 Å². The molecule has 0 bridgehead atoms. The van der Waals surface area contributed by atoms with E-state index in [0.29, 0.717) is 35.5 Å². The van der Waals surface area contributed by atoms with E-state index in [2.05, 4.69) is 15.2 Å². The van der Waals surface area contributed by atoms with Crippen molar-refractivity contribution in [2.75, 3.05) is 13.1 Å². The lowest BCUT2D eigenvalue weighted by Gasteiger charge is -2.32. The Morgan fingerprint density at radius 3 is 2.50 bits per heavy atom. The summed E-state index contributed by atoms with van der Waals surface area (Å²) in [7, 11) is 0. The van der Waals surface area contributed by atoms with Gasteiger partial charge in [-0.2, -0.15) is 5.10 Å². The maximum atomic E-state index is 12.9. The van der Waals surface area contributed by atoms with E-state index >= 15 is 0 Å². The van der Waals surface area contributed by atoms with Gasteiger partial charge in [0.05, 0.1) is 5.39 Å². The number of nitrogens with one attached hydrogen (secondary N) is 1. The van der Waals surface area contributed by atoms with Crippen LogP contribution in [0.25, 0.3) is 10.8 Å². The molecule has 1 amide bonds. The summed E-state index contributed by atoms with van der Waals surface area (Å²) in [5, 5.41) is 7.59. The highest BCUT2D eigenvalue weighted by molar-refractivity contribution is 6.04. The van der Waals surface area contributed by atoms with Crippen LogP contribution in [-0.4, -0.2) is 39.1 Å². The number of benzene rings is 1. The van der Waals surface area contributed by atoms with Crippen molar-refractivity contribution in [1.29, 1.82) is 0 Å². The molecule has 1 N–H and O–H groups in total. The summed E-state index contributed by atoms with van der Waals surface area (Å²) in [5.41, 5.74) is 1.35. The molecule has 26 heavy (non-hydrogen) atoms. The molecule has 4 rings (SSSR count). The lowest BCUT2D eigenvalue weighted by molar-refractivity contribution is 0.0685. The standard InChI is InChI=1S/C20H20N4O2/c25-19-17-4-2-1-3-16(17)18(22-23-19)20(26)24-11-7-15(8-12-24)13-14-5-9-21-10-6-14/h1-6,9-10,15H,7-8,11-13H2,(H,23,25). The number of aromatic nitrogens is 3. The van der Waals surface area contributed by atoms with Gasteiger partial charge in [0.1, 0.15) is 0 Å². The highest BCUT2D eigenvalue weighted by Gasteiger charge is 2.26. The van der Waals surface area contributed by atoms with Gasteiger partial charge in [-0.05, 0) is 48.9 Å². The van der Waals surface area contributed by atoms with Crippen LogP contribution in [0.2, 0.25) is 0 Å². The Kier molecular flexibility index (Phi) is 4.48. The highest BCUT2D eigenvalue weighted by atomic mass is 16.2. The zero-order valence-corrected chi connectivity index (χ0v) is 14.4. The Morgan fingerprint density at radius 2 is 1.77 bits per heavy atom. The van der Waals surface area contributed by atoms with Crippen LogP contribution in [0.5, 0.6) is 0 Å². The number of carbonyl (C=O) groups excluding carboxylic acids is 1. The van der Waals surface area contributed by atoms with Crippen molar-refractivity contribution < 1.29 is 4.79 Å². The number of nitrogens with zero attached hydrogens (tertiary/aromatic N) is 3. The lowest BCUT2D eigenvalue weighted by atomic mass is 9.90. The van der Waals surface area contributed by atoms with E-state index in [9.17, 15) is 9.59 Å². The largest absolute Gasteiger partial charge is 0.337 e. The van der Waals surface area contributed by atoms with Crippen LogP contribution in [0.4, 0.5) is 0 Å². The molecule has 0 saturated carbocycles.